The number of aromatic nitrogens is 1. The molecule has 2 aliphatic rings. The molecule has 3 aromatic rings. The molecule has 3 heterocycles. The Labute approximate surface area is 208 Å². The summed E-state index contributed by atoms with van der Waals surface area (Å²) >= 11 is 0. The van der Waals surface area contributed by atoms with E-state index in [0.717, 1.165) is 56.0 Å². The molecule has 0 atom stereocenters. The molecule has 1 saturated heterocycles. The predicted octanol–water partition coefficient (Wildman–Crippen LogP) is 6.36. The first-order valence-corrected chi connectivity index (χ1v) is 12.5. The third-order valence-electron chi connectivity index (χ3n) is 6.71. The Morgan fingerprint density at radius 2 is 1.72 bits per heavy atom. The van der Waals surface area contributed by atoms with Gasteiger partial charge in [-0.25, -0.2) is 0 Å². The maximum Gasteiger partial charge on any atom is 0.416 e. The Morgan fingerprint density at radius 3 is 2.53 bits per heavy atom. The number of likely N-dealkylation sites (tertiary alicyclic amines) is 1. The van der Waals surface area contributed by atoms with Crippen molar-refractivity contribution in [2.24, 2.45) is 0 Å². The topological polar surface area (TPSA) is 51.0 Å². The predicted molar refractivity (Wildman–Crippen MR) is 130 cm³/mol. The molecule has 0 radical (unpaired) electrons. The zero-order valence-corrected chi connectivity index (χ0v) is 20.1. The molecular weight excluding hydrogens is 471 g/mol. The summed E-state index contributed by atoms with van der Waals surface area (Å²) < 4.78 is 56.2. The SMILES string of the molecule is FC(F)(F)c1cccc(-c2cc(N(CCCN3CCCCCC3)Cc3ccc4c(c3)OCO4)on2)c1. The van der Waals surface area contributed by atoms with Crippen LogP contribution in [0.25, 0.3) is 11.3 Å². The van der Waals surface area contributed by atoms with Crippen molar-refractivity contribution in [2.75, 3.05) is 37.9 Å². The lowest BCUT2D eigenvalue weighted by molar-refractivity contribution is -0.137. The number of halogens is 3. The lowest BCUT2D eigenvalue weighted by Gasteiger charge is -2.24. The second-order valence-electron chi connectivity index (χ2n) is 9.35. The van der Waals surface area contributed by atoms with E-state index in [1.54, 1.807) is 12.1 Å². The minimum Gasteiger partial charge on any atom is -0.454 e. The first-order valence-electron chi connectivity index (χ1n) is 12.5. The summed E-state index contributed by atoms with van der Waals surface area (Å²) in [6.07, 6.45) is 1.59. The van der Waals surface area contributed by atoms with E-state index < -0.39 is 11.7 Å². The average Bonchev–Trinajstić information content (AvgIpc) is 3.47. The van der Waals surface area contributed by atoms with E-state index in [1.165, 1.54) is 31.7 Å². The van der Waals surface area contributed by atoms with Gasteiger partial charge < -0.3 is 23.8 Å². The fraction of sp³-hybridized carbons (Fsp3) is 0.444. The fourth-order valence-electron chi connectivity index (χ4n) is 4.78. The van der Waals surface area contributed by atoms with Gasteiger partial charge in [-0.1, -0.05) is 36.2 Å². The van der Waals surface area contributed by atoms with Crippen molar-refractivity contribution in [3.63, 3.8) is 0 Å². The van der Waals surface area contributed by atoms with Crippen molar-refractivity contribution in [2.45, 2.75) is 44.8 Å². The third kappa shape index (κ3) is 5.95. The normalized spacial score (nSPS) is 16.2. The molecule has 5 rings (SSSR count). The van der Waals surface area contributed by atoms with E-state index in [2.05, 4.69) is 15.0 Å². The fourth-order valence-corrected chi connectivity index (χ4v) is 4.78. The second kappa shape index (κ2) is 10.8. The molecule has 2 aliphatic heterocycles. The molecular formula is C27H30F3N3O3. The Kier molecular flexibility index (Phi) is 7.36. The summed E-state index contributed by atoms with van der Waals surface area (Å²) in [5.74, 6) is 1.95. The average molecular weight is 502 g/mol. The zero-order chi connectivity index (χ0) is 25.0. The molecule has 9 heteroatoms. The summed E-state index contributed by atoms with van der Waals surface area (Å²) in [7, 11) is 0. The number of hydrogen-bond donors (Lipinski definition) is 0. The highest BCUT2D eigenvalue weighted by Gasteiger charge is 2.30. The molecule has 1 aromatic heterocycles. The number of alkyl halides is 3. The molecule has 1 fully saturated rings. The van der Waals surface area contributed by atoms with Crippen LogP contribution in [0.4, 0.5) is 19.1 Å². The van der Waals surface area contributed by atoms with Crippen molar-refractivity contribution in [3.05, 3.63) is 59.7 Å². The number of ether oxygens (including phenoxy) is 2. The Balaban J connectivity index is 1.34. The van der Waals surface area contributed by atoms with Gasteiger partial charge in [0.15, 0.2) is 11.5 Å². The smallest absolute Gasteiger partial charge is 0.416 e. The summed E-state index contributed by atoms with van der Waals surface area (Å²) in [6.45, 7) is 4.73. The van der Waals surface area contributed by atoms with E-state index in [-0.39, 0.29) is 6.79 Å². The van der Waals surface area contributed by atoms with Crippen LogP contribution in [0.5, 0.6) is 11.5 Å². The van der Waals surface area contributed by atoms with Gasteiger partial charge in [-0.05, 0) is 68.7 Å². The van der Waals surface area contributed by atoms with Crippen LogP contribution in [0.2, 0.25) is 0 Å². The van der Waals surface area contributed by atoms with Gasteiger partial charge in [0.2, 0.25) is 12.7 Å². The molecule has 192 valence electrons. The molecule has 0 unspecified atom stereocenters. The number of fused-ring (bicyclic) bond motifs is 1. The standard InChI is InChI=1S/C27H30F3N3O3/c28-27(29,30)22-8-5-7-21(16-22)23-17-26(36-31-23)33(14-6-13-32-11-3-1-2-4-12-32)18-20-9-10-24-25(15-20)35-19-34-24/h5,7-10,15-17H,1-4,6,11-14,18-19H2. The van der Waals surface area contributed by atoms with Gasteiger partial charge in [-0.15, -0.1) is 0 Å². The van der Waals surface area contributed by atoms with Crippen molar-refractivity contribution in [3.8, 4) is 22.8 Å². The van der Waals surface area contributed by atoms with Crippen molar-refractivity contribution >= 4 is 5.88 Å². The first kappa shape index (κ1) is 24.5. The van der Waals surface area contributed by atoms with Gasteiger partial charge in [0.25, 0.3) is 0 Å². The van der Waals surface area contributed by atoms with Crippen molar-refractivity contribution < 1.29 is 27.2 Å². The summed E-state index contributed by atoms with van der Waals surface area (Å²) in [5, 5.41) is 4.10. The Hall–Kier alpha value is -3.20. The van der Waals surface area contributed by atoms with E-state index in [1.807, 2.05) is 18.2 Å². The largest absolute Gasteiger partial charge is 0.454 e. The molecule has 0 spiro atoms. The molecule has 6 nitrogen and oxygen atoms in total. The number of anilines is 1. The van der Waals surface area contributed by atoms with Gasteiger partial charge in [0, 0.05) is 24.7 Å². The van der Waals surface area contributed by atoms with Gasteiger partial charge in [0.05, 0.1) is 5.56 Å². The number of hydrogen-bond acceptors (Lipinski definition) is 6. The maximum absolute atomic E-state index is 13.2. The highest BCUT2D eigenvalue weighted by molar-refractivity contribution is 5.63. The molecule has 0 bridgehead atoms. The van der Waals surface area contributed by atoms with Crippen LogP contribution < -0.4 is 14.4 Å². The zero-order valence-electron chi connectivity index (χ0n) is 20.1. The van der Waals surface area contributed by atoms with Crippen LogP contribution in [0.3, 0.4) is 0 Å². The van der Waals surface area contributed by atoms with Crippen LogP contribution in [-0.4, -0.2) is 43.0 Å². The third-order valence-corrected chi connectivity index (χ3v) is 6.71. The van der Waals surface area contributed by atoms with Crippen LogP contribution in [-0.2, 0) is 12.7 Å². The molecule has 36 heavy (non-hydrogen) atoms. The van der Waals surface area contributed by atoms with E-state index in [9.17, 15) is 13.2 Å². The summed E-state index contributed by atoms with van der Waals surface area (Å²) in [5.41, 5.74) is 1.05. The highest BCUT2D eigenvalue weighted by atomic mass is 19.4. The number of benzene rings is 2. The Morgan fingerprint density at radius 1 is 0.917 bits per heavy atom. The van der Waals surface area contributed by atoms with Crippen LogP contribution in [0.1, 0.15) is 43.2 Å². The van der Waals surface area contributed by atoms with Gasteiger partial charge in [0.1, 0.15) is 5.69 Å². The molecule has 0 aliphatic carbocycles. The van der Waals surface area contributed by atoms with Crippen LogP contribution in [0.15, 0.2) is 53.1 Å². The van der Waals surface area contributed by atoms with Crippen LogP contribution >= 0.6 is 0 Å². The van der Waals surface area contributed by atoms with E-state index in [0.29, 0.717) is 29.4 Å². The van der Waals surface area contributed by atoms with Gasteiger partial charge >= 0.3 is 6.18 Å². The number of rotatable bonds is 8. The van der Waals surface area contributed by atoms with Gasteiger partial charge in [-0.2, -0.15) is 13.2 Å². The Bertz CT molecular complexity index is 1160. The molecule has 0 N–H and O–H groups in total. The van der Waals surface area contributed by atoms with Gasteiger partial charge in [-0.3, -0.25) is 0 Å². The lowest BCUT2D eigenvalue weighted by atomic mass is 10.1. The molecule has 2 aromatic carbocycles. The monoisotopic (exact) mass is 501 g/mol. The quantitative estimate of drug-likeness (QED) is 0.358. The summed E-state index contributed by atoms with van der Waals surface area (Å²) in [4.78, 5) is 4.60. The highest BCUT2D eigenvalue weighted by Crippen LogP contribution is 2.35. The summed E-state index contributed by atoms with van der Waals surface area (Å²) in [6, 6.07) is 12.7. The minimum atomic E-state index is -4.42. The first-order chi connectivity index (χ1) is 17.5. The second-order valence-corrected chi connectivity index (χ2v) is 9.35. The van der Waals surface area contributed by atoms with Crippen molar-refractivity contribution in [1.82, 2.24) is 10.1 Å². The molecule has 0 amide bonds. The number of nitrogens with zero attached hydrogens (tertiary/aromatic N) is 3. The van der Waals surface area contributed by atoms with E-state index in [4.69, 9.17) is 14.0 Å². The maximum atomic E-state index is 13.2. The minimum absolute atomic E-state index is 0.209. The lowest BCUT2D eigenvalue weighted by Crippen LogP contribution is -2.30. The van der Waals surface area contributed by atoms with Crippen LogP contribution in [0, 0.1) is 0 Å². The van der Waals surface area contributed by atoms with Crippen molar-refractivity contribution in [1.29, 1.82) is 0 Å². The molecule has 0 saturated carbocycles. The van der Waals surface area contributed by atoms with E-state index >= 15 is 0 Å².